The number of methoxy groups -OCH3 is 1. The van der Waals surface area contributed by atoms with Gasteiger partial charge in [-0.15, -0.1) is 0 Å². The summed E-state index contributed by atoms with van der Waals surface area (Å²) in [6.07, 6.45) is 3.74. The number of hydrogen-bond acceptors (Lipinski definition) is 2. The van der Waals surface area contributed by atoms with Gasteiger partial charge in [0.2, 0.25) is 0 Å². The molecule has 0 unspecified atom stereocenters. The van der Waals surface area contributed by atoms with E-state index in [4.69, 9.17) is 4.74 Å². The molecule has 0 spiro atoms. The molecule has 2 N–H and O–H groups in total. The Morgan fingerprint density at radius 2 is 2.00 bits per heavy atom. The summed E-state index contributed by atoms with van der Waals surface area (Å²) >= 11 is 0. The van der Waals surface area contributed by atoms with Crippen LogP contribution >= 0.6 is 0 Å². The molecule has 24 heavy (non-hydrogen) atoms. The van der Waals surface area contributed by atoms with Crippen molar-refractivity contribution in [1.29, 1.82) is 0 Å². The van der Waals surface area contributed by atoms with Gasteiger partial charge in [0.05, 0.1) is 24.1 Å². The van der Waals surface area contributed by atoms with Crippen molar-refractivity contribution in [2.75, 3.05) is 7.11 Å². The summed E-state index contributed by atoms with van der Waals surface area (Å²) in [4.78, 5) is 18.7. The third-order valence-corrected chi connectivity index (χ3v) is 4.33. The van der Waals surface area contributed by atoms with Crippen LogP contribution in [0.3, 0.4) is 0 Å². The predicted octanol–water partition coefficient (Wildman–Crippen LogP) is 4.31. The third-order valence-electron chi connectivity index (χ3n) is 4.33. The first kappa shape index (κ1) is 16.1. The van der Waals surface area contributed by atoms with Gasteiger partial charge < -0.3 is 14.7 Å². The van der Waals surface area contributed by atoms with E-state index in [2.05, 4.69) is 23.0 Å². The van der Waals surface area contributed by atoms with Gasteiger partial charge in [0.25, 0.3) is 5.56 Å². The lowest BCUT2D eigenvalue weighted by Gasteiger charge is -2.02. The van der Waals surface area contributed by atoms with E-state index in [0.29, 0.717) is 5.56 Å². The molecule has 3 rings (SSSR count). The molecule has 2 aromatic heterocycles. The van der Waals surface area contributed by atoms with E-state index in [9.17, 15) is 4.79 Å². The van der Waals surface area contributed by atoms with Crippen LogP contribution in [0.2, 0.25) is 0 Å². The molecule has 0 radical (unpaired) electrons. The van der Waals surface area contributed by atoms with Crippen molar-refractivity contribution in [2.45, 2.75) is 26.7 Å². The maximum absolute atomic E-state index is 12.4. The molecule has 0 aliphatic rings. The zero-order valence-corrected chi connectivity index (χ0v) is 14.3. The van der Waals surface area contributed by atoms with E-state index in [0.717, 1.165) is 40.9 Å². The highest BCUT2D eigenvalue weighted by molar-refractivity contribution is 5.82. The summed E-state index contributed by atoms with van der Waals surface area (Å²) in [6, 6.07) is 11.8. The number of hydrogen-bond donors (Lipinski definition) is 2. The molecule has 0 fully saturated rings. The number of benzene rings is 1. The van der Waals surface area contributed by atoms with Crippen molar-refractivity contribution in [3.63, 3.8) is 0 Å². The van der Waals surface area contributed by atoms with Gasteiger partial charge >= 0.3 is 0 Å². The molecule has 1 aromatic carbocycles. The van der Waals surface area contributed by atoms with E-state index in [1.807, 2.05) is 43.3 Å². The van der Waals surface area contributed by atoms with Gasteiger partial charge in [0.1, 0.15) is 0 Å². The van der Waals surface area contributed by atoms with E-state index >= 15 is 0 Å². The predicted molar refractivity (Wildman–Crippen MR) is 98.2 cm³/mol. The fourth-order valence-corrected chi connectivity index (χ4v) is 2.90. The number of H-pyrrole nitrogens is 2. The quantitative estimate of drug-likeness (QED) is 0.688. The number of fused-ring (bicyclic) bond motifs is 1. The zero-order valence-electron chi connectivity index (χ0n) is 14.3. The number of pyridine rings is 1. The molecule has 0 amide bonds. The topological polar surface area (TPSA) is 57.9 Å². The first-order chi connectivity index (χ1) is 11.6. The Morgan fingerprint density at radius 3 is 2.75 bits per heavy atom. The molecule has 0 saturated heterocycles. The number of nitrogens with one attached hydrogen (secondary N) is 2. The summed E-state index contributed by atoms with van der Waals surface area (Å²) in [5, 5.41) is 1.02. The van der Waals surface area contributed by atoms with Crippen LogP contribution in [-0.4, -0.2) is 17.1 Å². The fourth-order valence-electron chi connectivity index (χ4n) is 2.90. The van der Waals surface area contributed by atoms with E-state index in [-0.39, 0.29) is 5.56 Å². The molecule has 0 aliphatic heterocycles. The summed E-state index contributed by atoms with van der Waals surface area (Å²) < 4.78 is 5.32. The molecule has 3 aromatic rings. The Hall–Kier alpha value is -2.75. The van der Waals surface area contributed by atoms with Crippen LogP contribution in [0.1, 0.15) is 24.6 Å². The normalized spacial score (nSPS) is 11.9. The van der Waals surface area contributed by atoms with Gasteiger partial charge in [-0.1, -0.05) is 25.1 Å². The lowest BCUT2D eigenvalue weighted by molar-refractivity contribution is 0.279. The number of aryl methyl sites for hydroxylation is 1. The maximum atomic E-state index is 12.4. The van der Waals surface area contributed by atoms with Crippen LogP contribution in [-0.2, 0) is 11.2 Å². The second-order valence-corrected chi connectivity index (χ2v) is 5.86. The van der Waals surface area contributed by atoms with Gasteiger partial charge in [0.15, 0.2) is 0 Å². The number of allylic oxidation sites excluding steroid dienone is 2. The summed E-state index contributed by atoms with van der Waals surface area (Å²) in [5.74, 6) is 0.973. The van der Waals surface area contributed by atoms with E-state index < -0.39 is 0 Å². The van der Waals surface area contributed by atoms with Crippen LogP contribution in [0.15, 0.2) is 53.0 Å². The number of ether oxygens (including phenoxy) is 1. The SMILES string of the molecule is CC/C(=C\Cc1cc(-c2cc3ccccc3[nH]c2=O)[nH]c1C)OC. The summed E-state index contributed by atoms with van der Waals surface area (Å²) in [6.45, 7) is 4.10. The summed E-state index contributed by atoms with van der Waals surface area (Å²) in [5.41, 5.74) is 4.52. The largest absolute Gasteiger partial charge is 0.501 e. The van der Waals surface area contributed by atoms with Crippen molar-refractivity contribution in [1.82, 2.24) is 9.97 Å². The molecular formula is C20H22N2O2. The Balaban J connectivity index is 1.99. The average molecular weight is 322 g/mol. The van der Waals surface area contributed by atoms with Crippen LogP contribution in [0.5, 0.6) is 0 Å². The number of rotatable bonds is 5. The molecule has 4 nitrogen and oxygen atoms in total. The van der Waals surface area contributed by atoms with Crippen molar-refractivity contribution in [3.05, 3.63) is 69.8 Å². The fraction of sp³-hybridized carbons (Fsp3) is 0.250. The number of para-hydroxylation sites is 1. The number of aromatic amines is 2. The van der Waals surface area contributed by atoms with Crippen LogP contribution < -0.4 is 5.56 Å². The molecule has 0 bridgehead atoms. The van der Waals surface area contributed by atoms with E-state index in [1.54, 1.807) is 7.11 Å². The lowest BCUT2D eigenvalue weighted by Crippen LogP contribution is -2.08. The number of aromatic nitrogens is 2. The van der Waals surface area contributed by atoms with Crippen LogP contribution in [0.4, 0.5) is 0 Å². The Kier molecular flexibility index (Phi) is 4.56. The lowest BCUT2D eigenvalue weighted by atomic mass is 10.1. The van der Waals surface area contributed by atoms with Gasteiger partial charge in [-0.3, -0.25) is 4.79 Å². The van der Waals surface area contributed by atoms with Crippen molar-refractivity contribution in [2.24, 2.45) is 0 Å². The minimum Gasteiger partial charge on any atom is -0.501 e. The third kappa shape index (κ3) is 3.13. The Morgan fingerprint density at radius 1 is 1.21 bits per heavy atom. The molecule has 0 atom stereocenters. The second-order valence-electron chi connectivity index (χ2n) is 5.86. The minimum absolute atomic E-state index is 0.0804. The van der Waals surface area contributed by atoms with Gasteiger partial charge in [-0.25, -0.2) is 0 Å². The van der Waals surface area contributed by atoms with E-state index in [1.165, 1.54) is 5.56 Å². The second kappa shape index (κ2) is 6.79. The monoisotopic (exact) mass is 322 g/mol. The minimum atomic E-state index is -0.0804. The highest BCUT2D eigenvalue weighted by Crippen LogP contribution is 2.22. The van der Waals surface area contributed by atoms with Gasteiger partial charge in [-0.2, -0.15) is 0 Å². The highest BCUT2D eigenvalue weighted by atomic mass is 16.5. The Bertz CT molecular complexity index is 942. The van der Waals surface area contributed by atoms with Crippen molar-refractivity contribution < 1.29 is 4.74 Å². The maximum Gasteiger partial charge on any atom is 0.257 e. The van der Waals surface area contributed by atoms with Crippen molar-refractivity contribution in [3.8, 4) is 11.3 Å². The average Bonchev–Trinajstić information content (AvgIpc) is 2.96. The zero-order chi connectivity index (χ0) is 17.1. The van der Waals surface area contributed by atoms with Crippen LogP contribution in [0.25, 0.3) is 22.2 Å². The first-order valence-corrected chi connectivity index (χ1v) is 8.16. The smallest absolute Gasteiger partial charge is 0.257 e. The molecule has 0 saturated carbocycles. The van der Waals surface area contributed by atoms with Gasteiger partial charge in [-0.05, 0) is 48.6 Å². The summed E-state index contributed by atoms with van der Waals surface area (Å²) in [7, 11) is 1.69. The Labute approximate surface area is 141 Å². The first-order valence-electron chi connectivity index (χ1n) is 8.16. The van der Waals surface area contributed by atoms with Crippen molar-refractivity contribution >= 4 is 10.9 Å². The van der Waals surface area contributed by atoms with Crippen LogP contribution in [0, 0.1) is 6.92 Å². The molecule has 0 aliphatic carbocycles. The molecule has 124 valence electrons. The molecular weight excluding hydrogens is 300 g/mol. The molecule has 4 heteroatoms. The van der Waals surface area contributed by atoms with Gasteiger partial charge in [0, 0.05) is 17.6 Å². The molecule has 2 heterocycles. The standard InChI is InChI=1S/C20H22N2O2/c1-4-16(24-3)10-9-14-12-19(21-13(14)2)17-11-15-7-5-6-8-18(15)22-20(17)23/h5-8,10-12,21H,4,9H2,1-3H3,(H,22,23)/b16-10+. The highest BCUT2D eigenvalue weighted by Gasteiger charge is 2.10.